The lowest BCUT2D eigenvalue weighted by Crippen LogP contribution is -2.08. The van der Waals surface area contributed by atoms with Crippen molar-refractivity contribution in [2.24, 2.45) is 0 Å². The molecule has 0 aliphatic rings. The molecule has 0 aliphatic carbocycles. The van der Waals surface area contributed by atoms with Gasteiger partial charge in [-0.2, -0.15) is 5.10 Å². The number of allylic oxidation sites excluding steroid dienone is 1. The van der Waals surface area contributed by atoms with Crippen LogP contribution in [0.2, 0.25) is 0 Å². The number of hydrogen-bond acceptors (Lipinski definition) is 2. The Morgan fingerprint density at radius 2 is 2.12 bits per heavy atom. The van der Waals surface area contributed by atoms with Gasteiger partial charge in [0.1, 0.15) is 5.69 Å². The Bertz CT molecular complexity index is 544. The maximum atomic E-state index is 11.0. The first kappa shape index (κ1) is 11.1. The molecule has 1 N–H and O–H groups in total. The molecule has 4 heteroatoms. The van der Waals surface area contributed by atoms with E-state index in [4.69, 9.17) is 5.11 Å². The standard InChI is InChI=1S/C13H12N2O2/c1-2-8-15-12(13(16)17)9-11(14-15)10-6-4-3-5-7-10/h2-7,9H,1,8H2,(H,16,17). The molecule has 0 fully saturated rings. The van der Waals surface area contributed by atoms with Crippen LogP contribution >= 0.6 is 0 Å². The van der Waals surface area contributed by atoms with Gasteiger partial charge < -0.3 is 5.11 Å². The minimum atomic E-state index is -0.985. The predicted octanol–water partition coefficient (Wildman–Crippen LogP) is 2.43. The van der Waals surface area contributed by atoms with E-state index in [0.717, 1.165) is 5.56 Å². The molecule has 1 heterocycles. The maximum Gasteiger partial charge on any atom is 0.354 e. The second-order valence-electron chi connectivity index (χ2n) is 3.56. The highest BCUT2D eigenvalue weighted by atomic mass is 16.4. The van der Waals surface area contributed by atoms with Gasteiger partial charge in [-0.3, -0.25) is 4.68 Å². The van der Waals surface area contributed by atoms with Crippen LogP contribution in [0.25, 0.3) is 11.3 Å². The summed E-state index contributed by atoms with van der Waals surface area (Å²) >= 11 is 0. The van der Waals surface area contributed by atoms with Crippen molar-refractivity contribution in [3.05, 3.63) is 54.7 Å². The Hall–Kier alpha value is -2.36. The van der Waals surface area contributed by atoms with Crippen LogP contribution in [0.1, 0.15) is 10.5 Å². The van der Waals surface area contributed by atoms with Crippen molar-refractivity contribution in [2.45, 2.75) is 6.54 Å². The van der Waals surface area contributed by atoms with Gasteiger partial charge in [0.15, 0.2) is 0 Å². The van der Waals surface area contributed by atoms with E-state index in [1.54, 1.807) is 12.1 Å². The summed E-state index contributed by atoms with van der Waals surface area (Å²) in [7, 11) is 0. The normalized spacial score (nSPS) is 10.1. The smallest absolute Gasteiger partial charge is 0.354 e. The van der Waals surface area contributed by atoms with Gasteiger partial charge in [-0.25, -0.2) is 4.79 Å². The Morgan fingerprint density at radius 1 is 1.41 bits per heavy atom. The number of hydrogen-bond donors (Lipinski definition) is 1. The average Bonchev–Trinajstić information content (AvgIpc) is 2.75. The van der Waals surface area contributed by atoms with Gasteiger partial charge in [0.2, 0.25) is 0 Å². The first-order valence-corrected chi connectivity index (χ1v) is 5.20. The summed E-state index contributed by atoms with van der Waals surface area (Å²) in [4.78, 5) is 11.0. The zero-order chi connectivity index (χ0) is 12.3. The number of aromatic carboxylic acids is 1. The summed E-state index contributed by atoms with van der Waals surface area (Å²) in [6.07, 6.45) is 1.62. The van der Waals surface area contributed by atoms with E-state index in [1.165, 1.54) is 4.68 Å². The van der Waals surface area contributed by atoms with Crippen molar-refractivity contribution in [1.29, 1.82) is 0 Å². The first-order chi connectivity index (χ1) is 8.22. The van der Waals surface area contributed by atoms with Crippen LogP contribution in [0.3, 0.4) is 0 Å². The van der Waals surface area contributed by atoms with Crippen molar-refractivity contribution in [2.75, 3.05) is 0 Å². The Kier molecular flexibility index (Phi) is 3.05. The van der Waals surface area contributed by atoms with Crippen LogP contribution in [0.5, 0.6) is 0 Å². The topological polar surface area (TPSA) is 55.1 Å². The lowest BCUT2D eigenvalue weighted by molar-refractivity contribution is 0.0684. The second-order valence-corrected chi connectivity index (χ2v) is 3.56. The molecule has 0 radical (unpaired) electrons. The SMILES string of the molecule is C=CCn1nc(-c2ccccc2)cc1C(=O)O. The van der Waals surface area contributed by atoms with E-state index in [9.17, 15) is 4.79 Å². The van der Waals surface area contributed by atoms with E-state index in [-0.39, 0.29) is 5.69 Å². The molecule has 0 spiro atoms. The molecular formula is C13H12N2O2. The molecule has 2 aromatic rings. The van der Waals surface area contributed by atoms with Gasteiger partial charge in [-0.05, 0) is 6.07 Å². The van der Waals surface area contributed by atoms with Gasteiger partial charge in [-0.1, -0.05) is 36.4 Å². The minimum absolute atomic E-state index is 0.170. The zero-order valence-electron chi connectivity index (χ0n) is 9.21. The number of carboxylic acid groups (broad SMARTS) is 1. The second kappa shape index (κ2) is 4.65. The molecule has 4 nitrogen and oxygen atoms in total. The molecule has 0 amide bonds. The predicted molar refractivity (Wildman–Crippen MR) is 64.8 cm³/mol. The first-order valence-electron chi connectivity index (χ1n) is 5.20. The van der Waals surface area contributed by atoms with Crippen LogP contribution in [-0.2, 0) is 6.54 Å². The summed E-state index contributed by atoms with van der Waals surface area (Å²) < 4.78 is 1.43. The van der Waals surface area contributed by atoms with Gasteiger partial charge in [-0.15, -0.1) is 6.58 Å². The summed E-state index contributed by atoms with van der Waals surface area (Å²) in [6, 6.07) is 11.0. The number of rotatable bonds is 4. The molecule has 0 bridgehead atoms. The van der Waals surface area contributed by atoms with Gasteiger partial charge >= 0.3 is 5.97 Å². The number of carboxylic acids is 1. The van der Waals surface area contributed by atoms with Crippen LogP contribution < -0.4 is 0 Å². The largest absolute Gasteiger partial charge is 0.477 e. The Morgan fingerprint density at radius 3 is 2.71 bits per heavy atom. The fraction of sp³-hybridized carbons (Fsp3) is 0.0769. The van der Waals surface area contributed by atoms with Crippen LogP contribution in [0.15, 0.2) is 49.1 Å². The van der Waals surface area contributed by atoms with Gasteiger partial charge in [0, 0.05) is 5.56 Å². The summed E-state index contributed by atoms with van der Waals surface area (Å²) in [5.41, 5.74) is 1.73. The van der Waals surface area contributed by atoms with Crippen molar-refractivity contribution >= 4 is 5.97 Å². The average molecular weight is 228 g/mol. The van der Waals surface area contributed by atoms with Crippen LogP contribution in [-0.4, -0.2) is 20.9 Å². The van der Waals surface area contributed by atoms with Crippen molar-refractivity contribution in [3.8, 4) is 11.3 Å². The molecule has 0 saturated heterocycles. The Balaban J connectivity index is 2.47. The highest BCUT2D eigenvalue weighted by molar-refractivity contribution is 5.87. The monoisotopic (exact) mass is 228 g/mol. The summed E-state index contributed by atoms with van der Waals surface area (Å²) in [5.74, 6) is -0.985. The molecule has 17 heavy (non-hydrogen) atoms. The fourth-order valence-corrected chi connectivity index (χ4v) is 1.60. The lowest BCUT2D eigenvalue weighted by Gasteiger charge is -1.98. The van der Waals surface area contributed by atoms with Crippen molar-refractivity contribution in [3.63, 3.8) is 0 Å². The number of carbonyl (C=O) groups is 1. The van der Waals surface area contributed by atoms with Crippen LogP contribution in [0.4, 0.5) is 0 Å². The maximum absolute atomic E-state index is 11.0. The Labute approximate surface area is 98.8 Å². The van der Waals surface area contributed by atoms with Crippen LogP contribution in [0, 0.1) is 0 Å². The van der Waals surface area contributed by atoms with Gasteiger partial charge in [0.05, 0.1) is 12.2 Å². The number of nitrogens with zero attached hydrogens (tertiary/aromatic N) is 2. The zero-order valence-corrected chi connectivity index (χ0v) is 9.21. The third kappa shape index (κ3) is 2.25. The van der Waals surface area contributed by atoms with E-state index < -0.39 is 5.97 Å². The quantitative estimate of drug-likeness (QED) is 0.818. The van der Waals surface area contributed by atoms with E-state index in [1.807, 2.05) is 30.3 Å². The highest BCUT2D eigenvalue weighted by Gasteiger charge is 2.13. The van der Waals surface area contributed by atoms with E-state index >= 15 is 0 Å². The van der Waals surface area contributed by atoms with E-state index in [2.05, 4.69) is 11.7 Å². The molecule has 0 saturated carbocycles. The lowest BCUT2D eigenvalue weighted by atomic mass is 10.1. The number of aromatic nitrogens is 2. The molecule has 1 aromatic carbocycles. The molecule has 0 aliphatic heterocycles. The molecule has 2 rings (SSSR count). The molecule has 1 aromatic heterocycles. The third-order valence-corrected chi connectivity index (χ3v) is 2.37. The fourth-order valence-electron chi connectivity index (χ4n) is 1.60. The molecule has 0 unspecified atom stereocenters. The van der Waals surface area contributed by atoms with Crippen molar-refractivity contribution in [1.82, 2.24) is 9.78 Å². The van der Waals surface area contributed by atoms with E-state index in [0.29, 0.717) is 12.2 Å². The van der Waals surface area contributed by atoms with Gasteiger partial charge in [0.25, 0.3) is 0 Å². The van der Waals surface area contributed by atoms with Crippen molar-refractivity contribution < 1.29 is 9.90 Å². The molecular weight excluding hydrogens is 216 g/mol. The summed E-state index contributed by atoms with van der Waals surface area (Å²) in [6.45, 7) is 3.97. The molecule has 0 atom stereocenters. The number of benzene rings is 1. The summed E-state index contributed by atoms with van der Waals surface area (Å²) in [5, 5.41) is 13.3. The minimum Gasteiger partial charge on any atom is -0.477 e. The highest BCUT2D eigenvalue weighted by Crippen LogP contribution is 2.18. The third-order valence-electron chi connectivity index (χ3n) is 2.37. The molecule has 86 valence electrons.